The number of anilines is 2. The average molecular weight is 311 g/mol. The molecule has 0 saturated heterocycles. The van der Waals surface area contributed by atoms with Crippen molar-refractivity contribution < 1.29 is 4.79 Å². The van der Waals surface area contributed by atoms with Gasteiger partial charge in [-0.25, -0.2) is 0 Å². The lowest BCUT2D eigenvalue weighted by atomic mass is 10.1. The minimum absolute atomic E-state index is 0.128. The maximum Gasteiger partial charge on any atom is 0.257 e. The number of benzene rings is 1. The van der Waals surface area contributed by atoms with Gasteiger partial charge in [-0.1, -0.05) is 25.5 Å². The van der Waals surface area contributed by atoms with Crippen molar-refractivity contribution in [2.45, 2.75) is 33.6 Å². The number of aromatic nitrogens is 1. The van der Waals surface area contributed by atoms with Crippen molar-refractivity contribution in [2.75, 3.05) is 23.8 Å². The third-order valence-corrected chi connectivity index (χ3v) is 3.92. The van der Waals surface area contributed by atoms with Crippen molar-refractivity contribution in [1.82, 2.24) is 4.98 Å². The first-order chi connectivity index (χ1) is 11.0. The molecule has 23 heavy (non-hydrogen) atoms. The zero-order valence-corrected chi connectivity index (χ0v) is 14.4. The maximum atomic E-state index is 12.5. The second-order valence-corrected chi connectivity index (χ2v) is 5.98. The first-order valence-electron chi connectivity index (χ1n) is 8.06. The van der Waals surface area contributed by atoms with Crippen molar-refractivity contribution in [3.8, 4) is 0 Å². The van der Waals surface area contributed by atoms with Crippen LogP contribution in [0.5, 0.6) is 0 Å². The second-order valence-electron chi connectivity index (χ2n) is 5.98. The number of carbonyl (C=O) groups excluding carboxylic acids is 1. The highest BCUT2D eigenvalue weighted by Crippen LogP contribution is 2.19. The molecule has 0 unspecified atom stereocenters. The molecule has 1 amide bonds. The van der Waals surface area contributed by atoms with E-state index in [0.29, 0.717) is 5.56 Å². The number of nitrogens with one attached hydrogen (secondary N) is 1. The summed E-state index contributed by atoms with van der Waals surface area (Å²) in [6.45, 7) is 7.13. The molecular formula is C19H25N3O. The second kappa shape index (κ2) is 7.77. The minimum atomic E-state index is -0.128. The van der Waals surface area contributed by atoms with Crippen molar-refractivity contribution in [2.24, 2.45) is 0 Å². The standard InChI is InChI=1S/C19H25N3O/c1-5-6-9-22(4)17-11-16(12-20-13-17)19(23)21-18-10-14(2)7-8-15(18)3/h7-8,10-13H,5-6,9H2,1-4H3,(H,21,23). The first-order valence-corrected chi connectivity index (χ1v) is 8.06. The Balaban J connectivity index is 2.15. The Morgan fingerprint density at radius 2 is 2.00 bits per heavy atom. The Hall–Kier alpha value is -2.36. The fourth-order valence-corrected chi connectivity index (χ4v) is 2.35. The van der Waals surface area contributed by atoms with E-state index in [9.17, 15) is 4.79 Å². The normalized spacial score (nSPS) is 10.4. The lowest BCUT2D eigenvalue weighted by molar-refractivity contribution is 0.102. The van der Waals surface area contributed by atoms with Gasteiger partial charge in [-0.3, -0.25) is 9.78 Å². The maximum absolute atomic E-state index is 12.5. The number of hydrogen-bond acceptors (Lipinski definition) is 3. The summed E-state index contributed by atoms with van der Waals surface area (Å²) in [7, 11) is 2.03. The van der Waals surface area contributed by atoms with Gasteiger partial charge in [-0.15, -0.1) is 0 Å². The summed E-state index contributed by atoms with van der Waals surface area (Å²) in [6.07, 6.45) is 5.67. The highest BCUT2D eigenvalue weighted by molar-refractivity contribution is 6.05. The number of rotatable bonds is 6. The van der Waals surface area contributed by atoms with E-state index in [2.05, 4.69) is 22.1 Å². The van der Waals surface area contributed by atoms with Crippen LogP contribution in [-0.2, 0) is 0 Å². The smallest absolute Gasteiger partial charge is 0.257 e. The van der Waals surface area contributed by atoms with Gasteiger partial charge in [0, 0.05) is 25.5 Å². The van der Waals surface area contributed by atoms with Crippen LogP contribution < -0.4 is 10.2 Å². The van der Waals surface area contributed by atoms with Gasteiger partial charge in [-0.05, 0) is 43.5 Å². The molecule has 0 atom stereocenters. The number of pyridine rings is 1. The summed E-state index contributed by atoms with van der Waals surface area (Å²) in [6, 6.07) is 7.93. The Kier molecular flexibility index (Phi) is 5.74. The van der Waals surface area contributed by atoms with Crippen molar-refractivity contribution in [3.05, 3.63) is 53.3 Å². The van der Waals surface area contributed by atoms with Crippen LogP contribution in [0.1, 0.15) is 41.3 Å². The van der Waals surface area contributed by atoms with Gasteiger partial charge in [0.1, 0.15) is 0 Å². The molecule has 0 aliphatic carbocycles. The zero-order chi connectivity index (χ0) is 16.8. The molecule has 4 heteroatoms. The Bertz CT molecular complexity index is 682. The summed E-state index contributed by atoms with van der Waals surface area (Å²) in [5, 5.41) is 2.98. The molecule has 1 N–H and O–H groups in total. The molecule has 2 aromatic rings. The Labute approximate surface area is 138 Å². The lowest BCUT2D eigenvalue weighted by Crippen LogP contribution is -2.20. The van der Waals surface area contributed by atoms with Crippen LogP contribution in [0.15, 0.2) is 36.7 Å². The highest BCUT2D eigenvalue weighted by atomic mass is 16.1. The van der Waals surface area contributed by atoms with Crippen molar-refractivity contribution in [3.63, 3.8) is 0 Å². The molecule has 0 fully saturated rings. The monoisotopic (exact) mass is 311 g/mol. The molecule has 2 rings (SSSR count). The Morgan fingerprint density at radius 3 is 2.74 bits per heavy atom. The summed E-state index contributed by atoms with van der Waals surface area (Å²) < 4.78 is 0. The topological polar surface area (TPSA) is 45.2 Å². The number of carbonyl (C=O) groups is 1. The SMILES string of the molecule is CCCCN(C)c1cncc(C(=O)Nc2cc(C)ccc2C)c1. The average Bonchev–Trinajstić information content (AvgIpc) is 2.56. The van der Waals surface area contributed by atoms with Crippen LogP contribution >= 0.6 is 0 Å². The molecule has 0 bridgehead atoms. The fourth-order valence-electron chi connectivity index (χ4n) is 2.35. The third-order valence-electron chi connectivity index (χ3n) is 3.92. The number of nitrogens with zero attached hydrogens (tertiary/aromatic N) is 2. The molecule has 1 aromatic carbocycles. The predicted octanol–water partition coefficient (Wildman–Crippen LogP) is 4.19. The molecule has 1 heterocycles. The van der Waals surface area contributed by atoms with Crippen LogP contribution in [0.4, 0.5) is 11.4 Å². The summed E-state index contributed by atoms with van der Waals surface area (Å²) in [4.78, 5) is 18.8. The number of unbranched alkanes of at least 4 members (excludes halogenated alkanes) is 1. The van der Waals surface area contributed by atoms with Crippen LogP contribution in [0, 0.1) is 13.8 Å². The molecule has 0 aliphatic rings. The van der Waals surface area contributed by atoms with E-state index in [1.165, 1.54) is 0 Å². The van der Waals surface area contributed by atoms with E-state index >= 15 is 0 Å². The lowest BCUT2D eigenvalue weighted by Gasteiger charge is -2.19. The fraction of sp³-hybridized carbons (Fsp3) is 0.368. The van der Waals surface area contributed by atoms with Gasteiger partial charge in [0.2, 0.25) is 0 Å². The van der Waals surface area contributed by atoms with Crippen LogP contribution in [0.2, 0.25) is 0 Å². The van der Waals surface area contributed by atoms with Crippen LogP contribution in [0.25, 0.3) is 0 Å². The number of aryl methyl sites for hydroxylation is 2. The first kappa shape index (κ1) is 17.0. The van der Waals surface area contributed by atoms with Gasteiger partial charge in [-0.2, -0.15) is 0 Å². The largest absolute Gasteiger partial charge is 0.373 e. The molecule has 0 aliphatic heterocycles. The summed E-state index contributed by atoms with van der Waals surface area (Å²) >= 11 is 0. The predicted molar refractivity (Wildman–Crippen MR) is 96.3 cm³/mol. The molecule has 0 radical (unpaired) electrons. The van der Waals surface area contributed by atoms with E-state index in [-0.39, 0.29) is 5.91 Å². The zero-order valence-electron chi connectivity index (χ0n) is 14.4. The summed E-state index contributed by atoms with van der Waals surface area (Å²) in [5.41, 5.74) is 4.56. The van der Waals surface area contributed by atoms with E-state index in [1.807, 2.05) is 45.2 Å². The van der Waals surface area contributed by atoms with Crippen molar-refractivity contribution in [1.29, 1.82) is 0 Å². The molecule has 122 valence electrons. The van der Waals surface area contributed by atoms with Gasteiger partial charge in [0.05, 0.1) is 17.4 Å². The van der Waals surface area contributed by atoms with Crippen LogP contribution in [0.3, 0.4) is 0 Å². The molecule has 1 aromatic heterocycles. The van der Waals surface area contributed by atoms with Gasteiger partial charge < -0.3 is 10.2 Å². The minimum Gasteiger partial charge on any atom is -0.373 e. The van der Waals surface area contributed by atoms with Crippen molar-refractivity contribution >= 4 is 17.3 Å². The van der Waals surface area contributed by atoms with Gasteiger partial charge in [0.15, 0.2) is 0 Å². The third kappa shape index (κ3) is 4.55. The molecule has 4 nitrogen and oxygen atoms in total. The summed E-state index contributed by atoms with van der Waals surface area (Å²) in [5.74, 6) is -0.128. The highest BCUT2D eigenvalue weighted by Gasteiger charge is 2.10. The van der Waals surface area contributed by atoms with E-state index in [0.717, 1.165) is 41.9 Å². The van der Waals surface area contributed by atoms with E-state index in [4.69, 9.17) is 0 Å². The van der Waals surface area contributed by atoms with Gasteiger partial charge >= 0.3 is 0 Å². The molecular weight excluding hydrogens is 286 g/mol. The number of hydrogen-bond donors (Lipinski definition) is 1. The Morgan fingerprint density at radius 1 is 1.22 bits per heavy atom. The van der Waals surface area contributed by atoms with Crippen LogP contribution in [-0.4, -0.2) is 24.5 Å². The van der Waals surface area contributed by atoms with E-state index < -0.39 is 0 Å². The molecule has 0 saturated carbocycles. The number of amides is 1. The van der Waals surface area contributed by atoms with Gasteiger partial charge in [0.25, 0.3) is 5.91 Å². The van der Waals surface area contributed by atoms with E-state index in [1.54, 1.807) is 12.4 Å². The molecule has 0 spiro atoms. The quantitative estimate of drug-likeness (QED) is 0.870.